The van der Waals surface area contributed by atoms with Gasteiger partial charge in [-0.1, -0.05) is 63.2 Å². The largest absolute Gasteiger partial charge is 0.573 e. The van der Waals surface area contributed by atoms with Crippen molar-refractivity contribution in [1.82, 2.24) is 14.7 Å². The van der Waals surface area contributed by atoms with E-state index in [2.05, 4.69) is 30.4 Å². The number of nitrogens with zero attached hydrogens (tertiary/aromatic N) is 3. The summed E-state index contributed by atoms with van der Waals surface area (Å²) in [5.41, 5.74) is 1.72. The second-order valence-electron chi connectivity index (χ2n) is 12.0. The first-order valence-corrected chi connectivity index (χ1v) is 14.0. The lowest BCUT2D eigenvalue weighted by Gasteiger charge is -2.50. The van der Waals surface area contributed by atoms with Crippen LogP contribution in [0.2, 0.25) is 0 Å². The molecule has 6 nitrogen and oxygen atoms in total. The molecule has 2 aromatic carbocycles. The predicted molar refractivity (Wildman–Crippen MR) is 148 cm³/mol. The third-order valence-corrected chi connectivity index (χ3v) is 8.16. The van der Waals surface area contributed by atoms with Crippen molar-refractivity contribution in [1.29, 1.82) is 0 Å². The second-order valence-corrected chi connectivity index (χ2v) is 12.0. The van der Waals surface area contributed by atoms with Crippen LogP contribution in [0.25, 0.3) is 0 Å². The number of alkyl halides is 3. The lowest BCUT2D eigenvalue weighted by molar-refractivity contribution is -0.274. The maximum absolute atomic E-state index is 13.6. The van der Waals surface area contributed by atoms with Gasteiger partial charge in [-0.15, -0.1) is 13.2 Å². The van der Waals surface area contributed by atoms with Crippen molar-refractivity contribution >= 4 is 11.8 Å². The minimum absolute atomic E-state index is 0.0369. The smallest absolute Gasteiger partial charge is 0.406 e. The number of ether oxygens (including phenoxy) is 1. The summed E-state index contributed by atoms with van der Waals surface area (Å²) < 4.78 is 42.3. The Hall–Kier alpha value is -3.07. The highest BCUT2D eigenvalue weighted by Gasteiger charge is 2.41. The lowest BCUT2D eigenvalue weighted by Crippen LogP contribution is -2.60. The van der Waals surface area contributed by atoms with Crippen molar-refractivity contribution in [2.75, 3.05) is 32.7 Å². The zero-order valence-corrected chi connectivity index (χ0v) is 23.8. The number of piperazine rings is 1. The van der Waals surface area contributed by atoms with Gasteiger partial charge in [0.15, 0.2) is 0 Å². The van der Waals surface area contributed by atoms with Crippen molar-refractivity contribution in [3.63, 3.8) is 0 Å². The molecule has 4 rings (SSSR count). The molecule has 218 valence electrons. The standard InChI is InChI=1S/C31H40F3N3O3/c1-22(38)35-16-14-23(15-17-35)20-28(39)37-19-18-36(21-27(37)30(2,3)4)29(24-8-6-5-7-9-24)25-10-12-26(13-11-25)40-31(32,33)34/h5-13,23,27,29H,14-21H2,1-4H3/t27-,29?/m1/s1. The van der Waals surface area contributed by atoms with Gasteiger partial charge in [-0.25, -0.2) is 0 Å². The molecule has 0 bridgehead atoms. The van der Waals surface area contributed by atoms with Crippen LogP contribution in [-0.4, -0.2) is 71.6 Å². The fraction of sp³-hybridized carbons (Fsp3) is 0.548. The molecule has 0 N–H and O–H groups in total. The van der Waals surface area contributed by atoms with E-state index < -0.39 is 6.36 Å². The molecule has 2 aromatic rings. The second kappa shape index (κ2) is 12.2. The Bertz CT molecular complexity index is 1140. The van der Waals surface area contributed by atoms with E-state index in [-0.39, 0.29) is 41.0 Å². The van der Waals surface area contributed by atoms with Crippen LogP contribution in [0.15, 0.2) is 54.6 Å². The molecule has 0 radical (unpaired) electrons. The molecule has 2 aliphatic heterocycles. The molecule has 0 saturated carbocycles. The van der Waals surface area contributed by atoms with E-state index in [1.54, 1.807) is 19.1 Å². The minimum Gasteiger partial charge on any atom is -0.406 e. The number of benzene rings is 2. The molecule has 1 unspecified atom stereocenters. The maximum atomic E-state index is 13.6. The average Bonchev–Trinajstić information content (AvgIpc) is 2.89. The Morgan fingerprint density at radius 3 is 2.05 bits per heavy atom. The zero-order chi connectivity index (χ0) is 29.1. The molecular formula is C31H40F3N3O3. The molecule has 0 aromatic heterocycles. The van der Waals surface area contributed by atoms with Crippen molar-refractivity contribution in [3.05, 3.63) is 65.7 Å². The number of halogens is 3. The molecular weight excluding hydrogens is 519 g/mol. The Morgan fingerprint density at radius 1 is 0.900 bits per heavy atom. The number of piperidine rings is 1. The van der Waals surface area contributed by atoms with Gasteiger partial charge in [0.25, 0.3) is 0 Å². The van der Waals surface area contributed by atoms with Crippen LogP contribution < -0.4 is 4.74 Å². The van der Waals surface area contributed by atoms with Gasteiger partial charge in [-0.3, -0.25) is 14.5 Å². The van der Waals surface area contributed by atoms with Gasteiger partial charge in [-0.05, 0) is 47.4 Å². The third kappa shape index (κ3) is 7.56. The van der Waals surface area contributed by atoms with E-state index in [1.807, 2.05) is 40.1 Å². The van der Waals surface area contributed by atoms with Crippen LogP contribution >= 0.6 is 0 Å². The Labute approximate surface area is 235 Å². The van der Waals surface area contributed by atoms with Crippen LogP contribution in [0.1, 0.15) is 64.1 Å². The van der Waals surface area contributed by atoms with Crippen molar-refractivity contribution in [2.24, 2.45) is 11.3 Å². The third-order valence-electron chi connectivity index (χ3n) is 8.16. The molecule has 0 spiro atoms. The fourth-order valence-electron chi connectivity index (χ4n) is 6.00. The molecule has 2 atom stereocenters. The highest BCUT2D eigenvalue weighted by atomic mass is 19.4. The molecule has 2 saturated heterocycles. The van der Waals surface area contributed by atoms with E-state index >= 15 is 0 Å². The maximum Gasteiger partial charge on any atom is 0.573 e. The van der Waals surface area contributed by atoms with E-state index in [0.717, 1.165) is 24.0 Å². The highest BCUT2D eigenvalue weighted by Crippen LogP contribution is 2.36. The number of rotatable bonds is 6. The SMILES string of the molecule is CC(=O)N1CCC(CC(=O)N2CCN(C(c3ccccc3)c3ccc(OC(F)(F)F)cc3)C[C@@H]2C(C)(C)C)CC1. The van der Waals surface area contributed by atoms with Gasteiger partial charge < -0.3 is 14.5 Å². The van der Waals surface area contributed by atoms with Gasteiger partial charge in [-0.2, -0.15) is 0 Å². The first-order chi connectivity index (χ1) is 18.8. The van der Waals surface area contributed by atoms with Crippen LogP contribution in [-0.2, 0) is 9.59 Å². The van der Waals surface area contributed by atoms with Gasteiger partial charge in [0.1, 0.15) is 5.75 Å². The molecule has 9 heteroatoms. The molecule has 2 heterocycles. The van der Waals surface area contributed by atoms with E-state index in [4.69, 9.17) is 0 Å². The van der Waals surface area contributed by atoms with Crippen molar-refractivity contribution in [3.8, 4) is 5.75 Å². The fourth-order valence-corrected chi connectivity index (χ4v) is 6.00. The van der Waals surface area contributed by atoms with Gasteiger partial charge in [0, 0.05) is 52.1 Å². The predicted octanol–water partition coefficient (Wildman–Crippen LogP) is 5.88. The summed E-state index contributed by atoms with van der Waals surface area (Å²) in [4.78, 5) is 31.5. The first kappa shape index (κ1) is 29.9. The quantitative estimate of drug-likeness (QED) is 0.444. The van der Waals surface area contributed by atoms with Crippen molar-refractivity contribution < 1.29 is 27.5 Å². The monoisotopic (exact) mass is 559 g/mol. The van der Waals surface area contributed by atoms with E-state index in [1.165, 1.54) is 12.1 Å². The summed E-state index contributed by atoms with van der Waals surface area (Å²) in [5.74, 6) is 0.270. The van der Waals surface area contributed by atoms with Crippen LogP contribution in [0.4, 0.5) is 13.2 Å². The summed E-state index contributed by atoms with van der Waals surface area (Å²) in [6, 6.07) is 15.8. The topological polar surface area (TPSA) is 53.1 Å². The normalized spacial score (nSPS) is 20.3. The molecule has 2 aliphatic rings. The number of hydrogen-bond donors (Lipinski definition) is 0. The van der Waals surface area contributed by atoms with Crippen LogP contribution in [0, 0.1) is 11.3 Å². The number of likely N-dealkylation sites (tertiary alicyclic amines) is 1. The summed E-state index contributed by atoms with van der Waals surface area (Å²) in [7, 11) is 0. The highest BCUT2D eigenvalue weighted by molar-refractivity contribution is 5.77. The number of carbonyl (C=O) groups excluding carboxylic acids is 2. The van der Waals surface area contributed by atoms with Gasteiger partial charge >= 0.3 is 6.36 Å². The number of hydrogen-bond acceptors (Lipinski definition) is 4. The first-order valence-electron chi connectivity index (χ1n) is 14.0. The average molecular weight is 560 g/mol. The number of amides is 2. The van der Waals surface area contributed by atoms with Crippen LogP contribution in [0.5, 0.6) is 5.75 Å². The lowest BCUT2D eigenvalue weighted by atomic mass is 9.82. The van der Waals surface area contributed by atoms with Crippen LogP contribution in [0.3, 0.4) is 0 Å². The molecule has 40 heavy (non-hydrogen) atoms. The van der Waals surface area contributed by atoms with E-state index in [0.29, 0.717) is 39.1 Å². The Balaban J connectivity index is 1.53. The van der Waals surface area contributed by atoms with Crippen molar-refractivity contribution in [2.45, 2.75) is 65.4 Å². The summed E-state index contributed by atoms with van der Waals surface area (Å²) in [6.07, 6.45) is -2.57. The molecule has 2 amide bonds. The molecule has 2 fully saturated rings. The summed E-state index contributed by atoms with van der Waals surface area (Å²) >= 11 is 0. The Morgan fingerprint density at radius 2 is 1.50 bits per heavy atom. The minimum atomic E-state index is -4.74. The zero-order valence-electron chi connectivity index (χ0n) is 23.8. The molecule has 0 aliphatic carbocycles. The van der Waals surface area contributed by atoms with E-state index in [9.17, 15) is 22.8 Å². The van der Waals surface area contributed by atoms with Gasteiger partial charge in [0.2, 0.25) is 11.8 Å². The summed E-state index contributed by atoms with van der Waals surface area (Å²) in [5, 5.41) is 0. The summed E-state index contributed by atoms with van der Waals surface area (Å²) in [6.45, 7) is 11.3. The number of carbonyl (C=O) groups is 2. The van der Waals surface area contributed by atoms with Gasteiger partial charge in [0.05, 0.1) is 6.04 Å². The Kier molecular flexibility index (Phi) is 9.12.